The molecule has 1 amide bonds. The average molecular weight is 233 g/mol. The van der Waals surface area contributed by atoms with Crippen LogP contribution in [0, 0.1) is 0 Å². The van der Waals surface area contributed by atoms with E-state index in [0.29, 0.717) is 13.2 Å². The van der Waals surface area contributed by atoms with Crippen LogP contribution in [0.1, 0.15) is 0 Å². The summed E-state index contributed by atoms with van der Waals surface area (Å²) in [6, 6.07) is 0. The van der Waals surface area contributed by atoms with Crippen molar-refractivity contribution in [3.63, 3.8) is 0 Å². The first-order valence-corrected chi connectivity index (χ1v) is 4.88. The van der Waals surface area contributed by atoms with E-state index in [1.165, 1.54) is 0 Å². The van der Waals surface area contributed by atoms with E-state index in [0.717, 1.165) is 7.11 Å². The number of hydrogen-bond acceptors (Lipinski definition) is 6. The summed E-state index contributed by atoms with van der Waals surface area (Å²) in [6.07, 6.45) is -2.04. The third kappa shape index (κ3) is 3.76. The Balaban J connectivity index is 2.26. The van der Waals surface area contributed by atoms with Crippen molar-refractivity contribution in [2.45, 2.75) is 12.2 Å². The zero-order chi connectivity index (χ0) is 12.0. The fourth-order valence-electron chi connectivity index (χ4n) is 1.17. The Morgan fingerprint density at radius 2 is 2.31 bits per heavy atom. The summed E-state index contributed by atoms with van der Waals surface area (Å²) >= 11 is 0. The predicted octanol–water partition coefficient (Wildman–Crippen LogP) is -1.95. The molecule has 0 saturated carbocycles. The second-order valence-electron chi connectivity index (χ2n) is 3.22. The van der Waals surface area contributed by atoms with Crippen molar-refractivity contribution in [3.05, 3.63) is 0 Å². The van der Waals surface area contributed by atoms with Crippen molar-refractivity contribution < 1.29 is 28.9 Å². The van der Waals surface area contributed by atoms with Crippen LogP contribution in [0.4, 0.5) is 0 Å². The first kappa shape index (κ1) is 12.9. The molecule has 1 aliphatic heterocycles. The van der Waals surface area contributed by atoms with Gasteiger partial charge in [-0.1, -0.05) is 0 Å². The summed E-state index contributed by atoms with van der Waals surface area (Å²) in [6.45, 7) is 0.803. The summed E-state index contributed by atoms with van der Waals surface area (Å²) < 4.78 is 14.5. The largest absolute Gasteiger partial charge is 0.467 e. The lowest BCUT2D eigenvalue weighted by Crippen LogP contribution is -2.46. The molecule has 0 aliphatic carbocycles. The molecular formula is C9H15NO6. The van der Waals surface area contributed by atoms with Gasteiger partial charge in [-0.05, 0) is 0 Å². The van der Waals surface area contributed by atoms with Gasteiger partial charge in [-0.2, -0.15) is 0 Å². The number of nitrogens with one attached hydrogen (secondary N) is 1. The van der Waals surface area contributed by atoms with Crippen LogP contribution < -0.4 is 5.32 Å². The van der Waals surface area contributed by atoms with Crippen LogP contribution in [-0.2, 0) is 23.8 Å². The lowest BCUT2D eigenvalue weighted by atomic mass is 10.3. The van der Waals surface area contributed by atoms with Crippen LogP contribution in [0.3, 0.4) is 0 Å². The second kappa shape index (κ2) is 6.41. The van der Waals surface area contributed by atoms with E-state index in [2.05, 4.69) is 10.1 Å². The fraction of sp³-hybridized carbons (Fsp3) is 0.778. The number of rotatable bonds is 4. The van der Waals surface area contributed by atoms with Gasteiger partial charge in [0.25, 0.3) is 5.91 Å². The highest BCUT2D eigenvalue weighted by Crippen LogP contribution is 2.00. The maximum atomic E-state index is 11.4. The van der Waals surface area contributed by atoms with Crippen molar-refractivity contribution in [2.24, 2.45) is 0 Å². The minimum Gasteiger partial charge on any atom is -0.467 e. The normalized spacial score (nSPS) is 22.2. The second-order valence-corrected chi connectivity index (χ2v) is 3.22. The van der Waals surface area contributed by atoms with Crippen LogP contribution in [-0.4, -0.2) is 62.7 Å². The molecule has 1 fully saturated rings. The molecular weight excluding hydrogens is 218 g/mol. The van der Waals surface area contributed by atoms with Crippen LogP contribution >= 0.6 is 0 Å². The number of hydrogen-bond donors (Lipinski definition) is 2. The van der Waals surface area contributed by atoms with Gasteiger partial charge in [-0.3, -0.25) is 4.79 Å². The van der Waals surface area contributed by atoms with Gasteiger partial charge in [0.2, 0.25) is 0 Å². The lowest BCUT2D eigenvalue weighted by molar-refractivity contribution is -0.152. The van der Waals surface area contributed by atoms with Crippen LogP contribution in [0.2, 0.25) is 0 Å². The van der Waals surface area contributed by atoms with E-state index in [9.17, 15) is 14.7 Å². The SMILES string of the molecule is COC(=O)C(O)CNC(=O)C1COCCO1. The zero-order valence-corrected chi connectivity index (χ0v) is 8.97. The summed E-state index contributed by atoms with van der Waals surface area (Å²) in [4.78, 5) is 22.3. The van der Waals surface area contributed by atoms with E-state index in [1.807, 2.05) is 0 Å². The Bertz CT molecular complexity index is 250. The first-order chi connectivity index (χ1) is 7.65. The van der Waals surface area contributed by atoms with Crippen molar-refractivity contribution in [3.8, 4) is 0 Å². The summed E-state index contributed by atoms with van der Waals surface area (Å²) in [5, 5.41) is 11.6. The Morgan fingerprint density at radius 3 is 2.88 bits per heavy atom. The maximum Gasteiger partial charge on any atom is 0.336 e. The molecule has 1 aliphatic rings. The summed E-state index contributed by atoms with van der Waals surface area (Å²) in [7, 11) is 1.16. The van der Waals surface area contributed by atoms with Gasteiger partial charge in [0.1, 0.15) is 0 Å². The van der Waals surface area contributed by atoms with E-state index >= 15 is 0 Å². The molecule has 2 N–H and O–H groups in total. The molecule has 0 aromatic heterocycles. The lowest BCUT2D eigenvalue weighted by Gasteiger charge is -2.22. The molecule has 0 spiro atoms. The fourth-order valence-corrected chi connectivity index (χ4v) is 1.17. The van der Waals surface area contributed by atoms with Crippen LogP contribution in [0.25, 0.3) is 0 Å². The summed E-state index contributed by atoms with van der Waals surface area (Å²) in [5.74, 6) is -1.20. The molecule has 7 nitrogen and oxygen atoms in total. The number of carbonyl (C=O) groups excluding carboxylic acids is 2. The van der Waals surface area contributed by atoms with Gasteiger partial charge in [-0.15, -0.1) is 0 Å². The Labute approximate surface area is 92.7 Å². The van der Waals surface area contributed by atoms with Gasteiger partial charge in [0.05, 0.1) is 33.5 Å². The standard InChI is InChI=1S/C9H15NO6/c1-14-9(13)6(11)4-10-8(12)7-5-15-2-3-16-7/h6-7,11H,2-5H2,1H3,(H,10,12). The minimum absolute atomic E-state index is 0.181. The Hall–Kier alpha value is -1.18. The number of amides is 1. The minimum atomic E-state index is -1.36. The first-order valence-electron chi connectivity index (χ1n) is 4.88. The predicted molar refractivity (Wildman–Crippen MR) is 51.6 cm³/mol. The molecule has 0 radical (unpaired) electrons. The number of carbonyl (C=O) groups is 2. The van der Waals surface area contributed by atoms with Gasteiger partial charge in [0, 0.05) is 0 Å². The highest BCUT2D eigenvalue weighted by Gasteiger charge is 2.24. The molecule has 2 unspecified atom stereocenters. The number of ether oxygens (including phenoxy) is 3. The van der Waals surface area contributed by atoms with Gasteiger partial charge in [-0.25, -0.2) is 4.79 Å². The van der Waals surface area contributed by atoms with Crippen molar-refractivity contribution in [1.29, 1.82) is 0 Å². The number of methoxy groups -OCH3 is 1. The quantitative estimate of drug-likeness (QED) is 0.548. The van der Waals surface area contributed by atoms with Gasteiger partial charge in [0.15, 0.2) is 12.2 Å². The highest BCUT2D eigenvalue weighted by atomic mass is 16.6. The highest BCUT2D eigenvalue weighted by molar-refractivity contribution is 5.82. The van der Waals surface area contributed by atoms with E-state index in [4.69, 9.17) is 9.47 Å². The van der Waals surface area contributed by atoms with Crippen molar-refractivity contribution >= 4 is 11.9 Å². The van der Waals surface area contributed by atoms with Crippen LogP contribution in [0.5, 0.6) is 0 Å². The average Bonchev–Trinajstić information content (AvgIpc) is 2.35. The van der Waals surface area contributed by atoms with Crippen molar-refractivity contribution in [2.75, 3.05) is 33.5 Å². The van der Waals surface area contributed by atoms with Crippen LogP contribution in [0.15, 0.2) is 0 Å². The van der Waals surface area contributed by atoms with Gasteiger partial charge < -0.3 is 24.6 Å². The maximum absolute atomic E-state index is 11.4. The topological polar surface area (TPSA) is 94.1 Å². The van der Waals surface area contributed by atoms with E-state index in [-0.39, 0.29) is 13.2 Å². The molecule has 1 saturated heterocycles. The number of esters is 1. The Morgan fingerprint density at radius 1 is 1.56 bits per heavy atom. The third-order valence-corrected chi connectivity index (χ3v) is 2.05. The molecule has 1 rings (SSSR count). The van der Waals surface area contributed by atoms with Crippen molar-refractivity contribution in [1.82, 2.24) is 5.32 Å². The van der Waals surface area contributed by atoms with Gasteiger partial charge >= 0.3 is 5.97 Å². The Kier molecular flexibility index (Phi) is 5.17. The smallest absolute Gasteiger partial charge is 0.336 e. The molecule has 0 aromatic rings. The molecule has 1 heterocycles. The molecule has 0 aromatic carbocycles. The monoisotopic (exact) mass is 233 g/mol. The summed E-state index contributed by atoms with van der Waals surface area (Å²) in [5.41, 5.74) is 0. The molecule has 0 bridgehead atoms. The van der Waals surface area contributed by atoms with E-state index in [1.54, 1.807) is 0 Å². The molecule has 16 heavy (non-hydrogen) atoms. The number of aliphatic hydroxyl groups excluding tert-OH is 1. The number of aliphatic hydroxyl groups is 1. The molecule has 7 heteroatoms. The zero-order valence-electron chi connectivity index (χ0n) is 8.97. The molecule has 2 atom stereocenters. The third-order valence-electron chi connectivity index (χ3n) is 2.05. The van der Waals surface area contributed by atoms with E-state index < -0.39 is 24.1 Å². The molecule has 92 valence electrons.